The van der Waals surface area contributed by atoms with Gasteiger partial charge in [0.2, 0.25) is 0 Å². The fourth-order valence-corrected chi connectivity index (χ4v) is 5.12. The number of fused-ring (bicyclic) bond motifs is 1. The molecule has 3 aromatic rings. The number of aromatic nitrogens is 2. The zero-order valence-corrected chi connectivity index (χ0v) is 17.7. The molecular formula is C22H25N3O3S. The maximum Gasteiger partial charge on any atom is 0.348 e. The Kier molecular flexibility index (Phi) is 5.41. The average Bonchev–Trinajstić information content (AvgIpc) is 3.26. The highest BCUT2D eigenvalue weighted by atomic mass is 32.1. The molecule has 7 heteroatoms. The first-order valence-corrected chi connectivity index (χ1v) is 10.7. The maximum atomic E-state index is 12.6. The molecule has 4 rings (SSSR count). The number of esters is 1. The number of thiophene rings is 1. The van der Waals surface area contributed by atoms with Crippen LogP contribution in [-0.2, 0) is 9.53 Å². The fraction of sp³-hybridized carbons (Fsp3) is 0.409. The van der Waals surface area contributed by atoms with Crippen molar-refractivity contribution in [3.8, 4) is 5.69 Å². The minimum absolute atomic E-state index is 0.121. The summed E-state index contributed by atoms with van der Waals surface area (Å²) in [5.41, 5.74) is 1.79. The van der Waals surface area contributed by atoms with E-state index in [1.54, 1.807) is 6.07 Å². The van der Waals surface area contributed by atoms with E-state index in [0.717, 1.165) is 41.1 Å². The highest BCUT2D eigenvalue weighted by Gasteiger charge is 2.26. The Morgan fingerprint density at radius 3 is 2.55 bits per heavy atom. The average molecular weight is 412 g/mol. The number of ether oxygens (including phenoxy) is 1. The number of likely N-dealkylation sites (tertiary alicyclic amines) is 1. The van der Waals surface area contributed by atoms with E-state index in [9.17, 15) is 9.59 Å². The van der Waals surface area contributed by atoms with Crippen molar-refractivity contribution in [1.29, 1.82) is 0 Å². The molecule has 2 aromatic heterocycles. The standard InChI is InChI=1S/C22H25N3O3S/c1-14-9-15(2)12-24(11-14)20(26)13-28-22(27)19-10-18-16(3)23-25(21(18)29-19)17-7-5-4-6-8-17/h4-8,10,14-15H,9,11-13H2,1-3H3. The molecule has 1 amide bonds. The van der Waals surface area contributed by atoms with E-state index in [1.807, 2.05) is 46.8 Å². The van der Waals surface area contributed by atoms with Crippen molar-refractivity contribution in [3.63, 3.8) is 0 Å². The van der Waals surface area contributed by atoms with Gasteiger partial charge in [0.25, 0.3) is 5.91 Å². The molecule has 0 radical (unpaired) electrons. The molecule has 0 spiro atoms. The Balaban J connectivity index is 1.47. The van der Waals surface area contributed by atoms with Gasteiger partial charge in [-0.25, -0.2) is 9.48 Å². The predicted octanol–water partition coefficient (Wildman–Crippen LogP) is 4.06. The van der Waals surface area contributed by atoms with Crippen LogP contribution >= 0.6 is 11.3 Å². The van der Waals surface area contributed by atoms with Crippen molar-refractivity contribution >= 4 is 33.4 Å². The number of hydrogen-bond donors (Lipinski definition) is 0. The molecule has 0 N–H and O–H groups in total. The normalized spacial score (nSPS) is 19.5. The van der Waals surface area contributed by atoms with E-state index in [4.69, 9.17) is 4.74 Å². The molecule has 1 aromatic carbocycles. The number of nitrogens with zero attached hydrogens (tertiary/aromatic N) is 3. The third kappa shape index (κ3) is 4.05. The van der Waals surface area contributed by atoms with Crippen molar-refractivity contribution < 1.29 is 14.3 Å². The summed E-state index contributed by atoms with van der Waals surface area (Å²) in [7, 11) is 0. The first-order valence-electron chi connectivity index (χ1n) is 9.92. The number of para-hydroxylation sites is 1. The number of carbonyl (C=O) groups is 2. The van der Waals surface area contributed by atoms with Gasteiger partial charge in [-0.3, -0.25) is 4.79 Å². The molecule has 1 fully saturated rings. The highest BCUT2D eigenvalue weighted by Crippen LogP contribution is 2.31. The van der Waals surface area contributed by atoms with E-state index in [2.05, 4.69) is 18.9 Å². The van der Waals surface area contributed by atoms with Crippen LogP contribution < -0.4 is 0 Å². The van der Waals surface area contributed by atoms with Gasteiger partial charge in [0.05, 0.1) is 11.4 Å². The van der Waals surface area contributed by atoms with Gasteiger partial charge in [-0.15, -0.1) is 11.3 Å². The molecule has 1 saturated heterocycles. The predicted molar refractivity (Wildman–Crippen MR) is 113 cm³/mol. The molecule has 2 unspecified atom stereocenters. The Bertz CT molecular complexity index is 1030. The van der Waals surface area contributed by atoms with Gasteiger partial charge in [0.15, 0.2) is 6.61 Å². The molecule has 6 nitrogen and oxygen atoms in total. The lowest BCUT2D eigenvalue weighted by Gasteiger charge is -2.34. The fourth-order valence-electron chi connectivity index (χ4n) is 4.05. The van der Waals surface area contributed by atoms with E-state index in [0.29, 0.717) is 16.7 Å². The highest BCUT2D eigenvalue weighted by molar-refractivity contribution is 7.20. The van der Waals surface area contributed by atoms with E-state index in [-0.39, 0.29) is 12.5 Å². The lowest BCUT2D eigenvalue weighted by atomic mass is 9.92. The van der Waals surface area contributed by atoms with Gasteiger partial charge < -0.3 is 9.64 Å². The molecule has 1 aliphatic rings. The number of carbonyl (C=O) groups excluding carboxylic acids is 2. The molecular weight excluding hydrogens is 386 g/mol. The first kappa shape index (κ1) is 19.6. The second-order valence-electron chi connectivity index (χ2n) is 7.98. The quantitative estimate of drug-likeness (QED) is 0.608. The van der Waals surface area contributed by atoms with E-state index in [1.165, 1.54) is 11.3 Å². The minimum atomic E-state index is -0.461. The molecule has 29 heavy (non-hydrogen) atoms. The monoisotopic (exact) mass is 411 g/mol. The summed E-state index contributed by atoms with van der Waals surface area (Å²) in [6, 6.07) is 11.6. The smallest absolute Gasteiger partial charge is 0.348 e. The van der Waals surface area contributed by atoms with Crippen LogP contribution in [-0.4, -0.2) is 46.3 Å². The van der Waals surface area contributed by atoms with Gasteiger partial charge in [0, 0.05) is 18.5 Å². The van der Waals surface area contributed by atoms with Crippen molar-refractivity contribution in [3.05, 3.63) is 47.0 Å². The third-order valence-corrected chi connectivity index (χ3v) is 6.39. The summed E-state index contributed by atoms with van der Waals surface area (Å²) >= 11 is 1.34. The second kappa shape index (κ2) is 7.99. The molecule has 0 saturated carbocycles. The van der Waals surface area contributed by atoms with Gasteiger partial charge in [-0.1, -0.05) is 32.0 Å². The van der Waals surface area contributed by atoms with E-state index < -0.39 is 5.97 Å². The summed E-state index contributed by atoms with van der Waals surface area (Å²) in [5.74, 6) is 0.371. The van der Waals surface area contributed by atoms with E-state index >= 15 is 0 Å². The molecule has 1 aliphatic heterocycles. The number of amides is 1. The summed E-state index contributed by atoms with van der Waals surface area (Å²) < 4.78 is 7.19. The second-order valence-corrected chi connectivity index (χ2v) is 9.01. The first-order chi connectivity index (χ1) is 13.9. The zero-order valence-electron chi connectivity index (χ0n) is 16.9. The van der Waals surface area contributed by atoms with Gasteiger partial charge >= 0.3 is 5.97 Å². The van der Waals surface area contributed by atoms with Crippen LogP contribution in [0, 0.1) is 18.8 Å². The summed E-state index contributed by atoms with van der Waals surface area (Å²) in [4.78, 5) is 28.2. The van der Waals surface area contributed by atoms with Crippen LogP contribution in [0.4, 0.5) is 0 Å². The largest absolute Gasteiger partial charge is 0.451 e. The molecule has 3 heterocycles. The lowest BCUT2D eigenvalue weighted by Crippen LogP contribution is -2.44. The summed E-state index contributed by atoms with van der Waals surface area (Å²) in [6.07, 6.45) is 1.13. The molecule has 0 bridgehead atoms. The van der Waals surface area contributed by atoms with Crippen LogP contribution in [0.3, 0.4) is 0 Å². The van der Waals surface area contributed by atoms with Crippen LogP contribution in [0.2, 0.25) is 0 Å². The minimum Gasteiger partial charge on any atom is -0.451 e. The van der Waals surface area contributed by atoms with Crippen molar-refractivity contribution in [2.24, 2.45) is 11.8 Å². The van der Waals surface area contributed by atoms with Crippen molar-refractivity contribution in [2.75, 3.05) is 19.7 Å². The van der Waals surface area contributed by atoms with Gasteiger partial charge in [-0.2, -0.15) is 5.10 Å². The van der Waals surface area contributed by atoms with Crippen LogP contribution in [0.15, 0.2) is 36.4 Å². The Labute approximate surface area is 174 Å². The summed E-state index contributed by atoms with van der Waals surface area (Å²) in [6.45, 7) is 7.47. The summed E-state index contributed by atoms with van der Waals surface area (Å²) in [5, 5.41) is 5.51. The number of aryl methyl sites for hydroxylation is 1. The Morgan fingerprint density at radius 2 is 1.86 bits per heavy atom. The zero-order chi connectivity index (χ0) is 20.5. The van der Waals surface area contributed by atoms with Crippen molar-refractivity contribution in [1.82, 2.24) is 14.7 Å². The Hall–Kier alpha value is -2.67. The van der Waals surface area contributed by atoms with Gasteiger partial charge in [0.1, 0.15) is 9.71 Å². The van der Waals surface area contributed by atoms with Crippen LogP contribution in [0.5, 0.6) is 0 Å². The topological polar surface area (TPSA) is 64.4 Å². The SMILES string of the molecule is Cc1nn(-c2ccccc2)c2sc(C(=O)OCC(=O)N3CC(C)CC(C)C3)cc12. The lowest BCUT2D eigenvalue weighted by molar-refractivity contribution is -0.137. The Morgan fingerprint density at radius 1 is 1.17 bits per heavy atom. The van der Waals surface area contributed by atoms with Crippen LogP contribution in [0.1, 0.15) is 35.6 Å². The maximum absolute atomic E-state index is 12.6. The molecule has 152 valence electrons. The third-order valence-electron chi connectivity index (χ3n) is 5.29. The molecule has 2 atom stereocenters. The molecule has 0 aliphatic carbocycles. The number of rotatable bonds is 4. The number of benzene rings is 1. The van der Waals surface area contributed by atoms with Gasteiger partial charge in [-0.05, 0) is 43.4 Å². The number of piperidine rings is 1. The number of hydrogen-bond acceptors (Lipinski definition) is 5. The van der Waals surface area contributed by atoms with Crippen molar-refractivity contribution in [2.45, 2.75) is 27.2 Å². The van der Waals surface area contributed by atoms with Crippen LogP contribution in [0.25, 0.3) is 15.9 Å².